The number of aliphatic hydroxyl groups excluding tert-OH is 2. The predicted octanol–water partition coefficient (Wildman–Crippen LogP) is 2.47. The highest BCUT2D eigenvalue weighted by molar-refractivity contribution is 5.98. The lowest BCUT2D eigenvalue weighted by Gasteiger charge is -2.19. The first-order valence-electron chi connectivity index (χ1n) is 9.78. The van der Waals surface area contributed by atoms with E-state index in [1.807, 2.05) is 12.1 Å². The highest BCUT2D eigenvalue weighted by atomic mass is 16.3. The van der Waals surface area contributed by atoms with E-state index < -0.39 is 30.4 Å². The molecule has 0 aliphatic heterocycles. The molecule has 2 rings (SSSR count). The number of carbonyl (C=O) groups is 2. The molecule has 5 nitrogen and oxygen atoms in total. The summed E-state index contributed by atoms with van der Waals surface area (Å²) >= 11 is 0. The van der Waals surface area contributed by atoms with Crippen molar-refractivity contribution in [1.82, 2.24) is 5.32 Å². The predicted molar refractivity (Wildman–Crippen MR) is 113 cm³/mol. The van der Waals surface area contributed by atoms with Crippen molar-refractivity contribution in [3.8, 4) is 11.8 Å². The van der Waals surface area contributed by atoms with E-state index in [2.05, 4.69) is 36.2 Å². The van der Waals surface area contributed by atoms with Crippen LogP contribution in [0.15, 0.2) is 48.5 Å². The van der Waals surface area contributed by atoms with E-state index in [4.69, 9.17) is 5.11 Å². The van der Waals surface area contributed by atoms with E-state index in [1.54, 1.807) is 24.3 Å². The number of hydrogen-bond acceptors (Lipinski definition) is 4. The summed E-state index contributed by atoms with van der Waals surface area (Å²) in [6, 6.07) is 13.7. The smallest absolute Gasteiger partial charge is 0.251 e. The molecule has 3 N–H and O–H groups in total. The summed E-state index contributed by atoms with van der Waals surface area (Å²) < 4.78 is 0. The Labute approximate surface area is 171 Å². The Bertz CT molecular complexity index is 874. The molecule has 0 heterocycles. The van der Waals surface area contributed by atoms with Crippen molar-refractivity contribution >= 4 is 11.7 Å². The normalized spacial score (nSPS) is 12.4. The minimum Gasteiger partial charge on any atom is -0.391 e. The molecule has 0 aliphatic rings. The Morgan fingerprint density at radius 1 is 1.00 bits per heavy atom. The molecule has 0 saturated heterocycles. The van der Waals surface area contributed by atoms with Gasteiger partial charge in [0.05, 0.1) is 6.10 Å². The van der Waals surface area contributed by atoms with Gasteiger partial charge in [0.1, 0.15) is 12.6 Å². The second-order valence-corrected chi connectivity index (χ2v) is 6.94. The third-order valence-corrected chi connectivity index (χ3v) is 4.54. The van der Waals surface area contributed by atoms with Crippen LogP contribution in [0.2, 0.25) is 0 Å². The molecule has 0 fully saturated rings. The van der Waals surface area contributed by atoms with Crippen molar-refractivity contribution in [1.29, 1.82) is 0 Å². The zero-order valence-electron chi connectivity index (χ0n) is 16.8. The lowest BCUT2D eigenvalue weighted by molar-refractivity contribution is -0.125. The molecule has 2 aromatic rings. The Morgan fingerprint density at radius 3 is 2.03 bits per heavy atom. The SMILES string of the molecule is CCCCc1ccc(C#Cc2ccc(C(=O)N[C@H](C(=O)CO)[C@@H](C)O)cc2)cc1. The standard InChI is InChI=1S/C24H27NO4/c1-3-4-5-18-6-8-19(9-7-18)10-11-20-12-14-21(15-13-20)24(29)25-23(17(2)27)22(28)16-26/h6-9,12-15,17,23,26-27H,3-5,16H2,1-2H3,(H,25,29)/t17-,23+/m1/s1. The van der Waals surface area contributed by atoms with Crippen LogP contribution in [0.5, 0.6) is 0 Å². The van der Waals surface area contributed by atoms with Gasteiger partial charge in [0, 0.05) is 16.7 Å². The van der Waals surface area contributed by atoms with Crippen LogP contribution in [0.1, 0.15) is 53.7 Å². The quantitative estimate of drug-likeness (QED) is 0.602. The zero-order valence-corrected chi connectivity index (χ0v) is 16.8. The molecule has 0 aliphatic carbocycles. The monoisotopic (exact) mass is 393 g/mol. The molecular formula is C24H27NO4. The summed E-state index contributed by atoms with van der Waals surface area (Å²) in [6.07, 6.45) is 2.33. The lowest BCUT2D eigenvalue weighted by Crippen LogP contribution is -2.48. The molecule has 29 heavy (non-hydrogen) atoms. The number of Topliss-reactive ketones (excluding diaryl/α,β-unsaturated/α-hetero) is 1. The van der Waals surface area contributed by atoms with Gasteiger partial charge in [0.15, 0.2) is 5.78 Å². The number of aryl methyl sites for hydroxylation is 1. The van der Waals surface area contributed by atoms with Gasteiger partial charge in [0.25, 0.3) is 5.91 Å². The van der Waals surface area contributed by atoms with Crippen LogP contribution in [-0.4, -0.2) is 40.7 Å². The van der Waals surface area contributed by atoms with Crippen molar-refractivity contribution < 1.29 is 19.8 Å². The number of rotatable bonds is 8. The fourth-order valence-electron chi connectivity index (χ4n) is 2.78. The van der Waals surface area contributed by atoms with Crippen LogP contribution in [0.3, 0.4) is 0 Å². The molecule has 2 atom stereocenters. The molecule has 0 spiro atoms. The molecule has 1 amide bonds. The maximum atomic E-state index is 12.3. The van der Waals surface area contributed by atoms with Gasteiger partial charge in [-0.3, -0.25) is 9.59 Å². The molecular weight excluding hydrogens is 366 g/mol. The van der Waals surface area contributed by atoms with Crippen LogP contribution in [0.4, 0.5) is 0 Å². The zero-order chi connectivity index (χ0) is 21.2. The molecule has 0 radical (unpaired) electrons. The first kappa shape index (κ1) is 22.4. The highest BCUT2D eigenvalue weighted by Crippen LogP contribution is 2.08. The topological polar surface area (TPSA) is 86.6 Å². The summed E-state index contributed by atoms with van der Waals surface area (Å²) in [7, 11) is 0. The van der Waals surface area contributed by atoms with Gasteiger partial charge in [-0.25, -0.2) is 0 Å². The van der Waals surface area contributed by atoms with Crippen LogP contribution >= 0.6 is 0 Å². The molecule has 0 aromatic heterocycles. The minimum atomic E-state index is -1.15. The van der Waals surface area contributed by atoms with E-state index in [0.29, 0.717) is 5.56 Å². The van der Waals surface area contributed by atoms with Crippen LogP contribution in [0, 0.1) is 11.8 Å². The third kappa shape index (κ3) is 6.86. The van der Waals surface area contributed by atoms with Crippen LogP contribution < -0.4 is 5.32 Å². The van der Waals surface area contributed by atoms with Crippen LogP contribution in [0.25, 0.3) is 0 Å². The summed E-state index contributed by atoms with van der Waals surface area (Å²) in [5.41, 5.74) is 3.33. The number of carbonyl (C=O) groups excluding carboxylic acids is 2. The number of hydrogen-bond donors (Lipinski definition) is 3. The van der Waals surface area contributed by atoms with Gasteiger partial charge in [-0.1, -0.05) is 37.3 Å². The summed E-state index contributed by atoms with van der Waals surface area (Å²) in [5.74, 6) is 5.03. The van der Waals surface area contributed by atoms with Crippen molar-refractivity contribution in [3.63, 3.8) is 0 Å². The molecule has 0 bridgehead atoms. The van der Waals surface area contributed by atoms with Crippen molar-refractivity contribution in [2.45, 2.75) is 45.3 Å². The van der Waals surface area contributed by atoms with Gasteiger partial charge < -0.3 is 15.5 Å². The Kier molecular flexibility index (Phi) is 8.60. The van der Waals surface area contributed by atoms with E-state index >= 15 is 0 Å². The minimum absolute atomic E-state index is 0.340. The number of benzene rings is 2. The van der Waals surface area contributed by atoms with Crippen LogP contribution in [-0.2, 0) is 11.2 Å². The van der Waals surface area contributed by atoms with E-state index in [1.165, 1.54) is 25.3 Å². The summed E-state index contributed by atoms with van der Waals surface area (Å²) in [5, 5.41) is 21.0. The Morgan fingerprint density at radius 2 is 1.55 bits per heavy atom. The van der Waals surface area contributed by atoms with E-state index in [0.717, 1.165) is 17.5 Å². The first-order chi connectivity index (χ1) is 13.9. The van der Waals surface area contributed by atoms with Gasteiger partial charge >= 0.3 is 0 Å². The first-order valence-corrected chi connectivity index (χ1v) is 9.78. The maximum Gasteiger partial charge on any atom is 0.251 e. The number of amides is 1. The van der Waals surface area contributed by atoms with Crippen molar-refractivity contribution in [2.75, 3.05) is 6.61 Å². The number of aliphatic hydroxyl groups is 2. The number of nitrogens with one attached hydrogen (secondary N) is 1. The average molecular weight is 393 g/mol. The van der Waals surface area contributed by atoms with Gasteiger partial charge in [-0.05, 0) is 61.7 Å². The van der Waals surface area contributed by atoms with Gasteiger partial charge in [0.2, 0.25) is 0 Å². The second kappa shape index (κ2) is 11.2. The maximum absolute atomic E-state index is 12.3. The molecule has 0 saturated carbocycles. The largest absolute Gasteiger partial charge is 0.391 e. The number of ketones is 1. The number of unbranched alkanes of at least 4 members (excludes halogenated alkanes) is 1. The Balaban J connectivity index is 2.02. The second-order valence-electron chi connectivity index (χ2n) is 6.94. The molecule has 2 aromatic carbocycles. The van der Waals surface area contributed by atoms with Crippen molar-refractivity contribution in [3.05, 3.63) is 70.8 Å². The Hall–Kier alpha value is -2.94. The molecule has 5 heteroatoms. The van der Waals surface area contributed by atoms with Crippen molar-refractivity contribution in [2.24, 2.45) is 0 Å². The molecule has 152 valence electrons. The van der Waals surface area contributed by atoms with Gasteiger partial charge in [-0.15, -0.1) is 0 Å². The molecule has 0 unspecified atom stereocenters. The van der Waals surface area contributed by atoms with E-state index in [-0.39, 0.29) is 0 Å². The highest BCUT2D eigenvalue weighted by Gasteiger charge is 2.25. The summed E-state index contributed by atoms with van der Waals surface area (Å²) in [4.78, 5) is 23.9. The summed E-state index contributed by atoms with van der Waals surface area (Å²) in [6.45, 7) is 2.81. The fourth-order valence-corrected chi connectivity index (χ4v) is 2.78. The average Bonchev–Trinajstić information content (AvgIpc) is 2.74. The van der Waals surface area contributed by atoms with E-state index in [9.17, 15) is 14.7 Å². The van der Waals surface area contributed by atoms with Gasteiger partial charge in [-0.2, -0.15) is 0 Å². The third-order valence-electron chi connectivity index (χ3n) is 4.54. The fraction of sp³-hybridized carbons (Fsp3) is 0.333. The lowest BCUT2D eigenvalue weighted by atomic mass is 10.1.